The number of carbonyl (C=O) groups is 1. The number of carboxylic acid groups (broad SMARTS) is 1. The first-order valence-corrected chi connectivity index (χ1v) is 9.46. The van der Waals surface area contributed by atoms with Crippen LogP contribution in [0.5, 0.6) is 0 Å². The third-order valence-corrected chi connectivity index (χ3v) is 7.87. The van der Waals surface area contributed by atoms with Crippen LogP contribution >= 0.6 is 0 Å². The molecule has 0 saturated heterocycles. The first-order chi connectivity index (χ1) is 11.0. The Morgan fingerprint density at radius 2 is 1.74 bits per heavy atom. The minimum atomic E-state index is -0.606. The molecular formula is C19H30O4. The smallest absolute Gasteiger partial charge is 0.306 e. The van der Waals surface area contributed by atoms with Gasteiger partial charge < -0.3 is 14.9 Å². The van der Waals surface area contributed by atoms with E-state index in [-0.39, 0.29) is 5.92 Å². The van der Waals surface area contributed by atoms with Crippen LogP contribution in [0.4, 0.5) is 0 Å². The molecule has 130 valence electrons. The Bertz CT molecular complexity index is 478. The van der Waals surface area contributed by atoms with Crippen molar-refractivity contribution >= 4 is 5.97 Å². The molecule has 4 aliphatic carbocycles. The Balaban J connectivity index is 1.44. The fourth-order valence-electron chi connectivity index (χ4n) is 6.91. The predicted molar refractivity (Wildman–Crippen MR) is 85.8 cm³/mol. The number of aliphatic carboxylic acids is 1. The number of hydrogen-bond donors (Lipinski definition) is 2. The van der Waals surface area contributed by atoms with Gasteiger partial charge in [0.05, 0.1) is 18.1 Å². The van der Waals surface area contributed by atoms with Gasteiger partial charge in [-0.1, -0.05) is 0 Å². The molecule has 2 N–H and O–H groups in total. The summed E-state index contributed by atoms with van der Waals surface area (Å²) in [5, 5.41) is 20.0. The van der Waals surface area contributed by atoms with E-state index in [4.69, 9.17) is 4.74 Å². The molecule has 0 radical (unpaired) electrons. The van der Waals surface area contributed by atoms with Crippen molar-refractivity contribution in [3.63, 3.8) is 0 Å². The van der Waals surface area contributed by atoms with E-state index >= 15 is 0 Å². The third kappa shape index (κ3) is 2.53. The first-order valence-electron chi connectivity index (χ1n) is 9.46. The highest BCUT2D eigenvalue weighted by atomic mass is 16.5. The van der Waals surface area contributed by atoms with Crippen molar-refractivity contribution in [2.45, 2.75) is 57.0 Å². The lowest BCUT2D eigenvalue weighted by molar-refractivity contribution is -0.166. The standard InChI is InChI=1S/C19H30O4/c1-23-10-19(22)7-6-12-11(9-19)2-3-14-13(12)4-5-15-16(14)8-17(15)18(20)21/h11-17,22H,2-10H2,1H3,(H,20,21)/t11-,12+,13-,14-,15?,16+,17+,19-/m1/s1. The Kier molecular flexibility index (Phi) is 3.96. The van der Waals surface area contributed by atoms with Gasteiger partial charge in [0.25, 0.3) is 0 Å². The lowest BCUT2D eigenvalue weighted by Crippen LogP contribution is -2.55. The molecule has 4 rings (SSSR count). The highest BCUT2D eigenvalue weighted by Crippen LogP contribution is 2.61. The molecule has 0 spiro atoms. The quantitative estimate of drug-likeness (QED) is 0.838. The van der Waals surface area contributed by atoms with Crippen LogP contribution in [0.25, 0.3) is 0 Å². The number of ether oxygens (including phenoxy) is 1. The SMILES string of the molecule is COC[C@@]1(O)CC[C@H]2[C@H](CC[C@@H]3[C@@H]2CCC2[C@@H](C(=O)O)C[C@H]23)C1. The van der Waals surface area contributed by atoms with Gasteiger partial charge in [-0.2, -0.15) is 0 Å². The Morgan fingerprint density at radius 3 is 2.48 bits per heavy atom. The van der Waals surface area contributed by atoms with Gasteiger partial charge in [0.15, 0.2) is 0 Å². The van der Waals surface area contributed by atoms with Gasteiger partial charge in [0.2, 0.25) is 0 Å². The number of aliphatic hydroxyl groups is 1. The van der Waals surface area contributed by atoms with Crippen molar-refractivity contribution in [2.24, 2.45) is 41.4 Å². The fraction of sp³-hybridized carbons (Fsp3) is 0.947. The number of carboxylic acids is 1. The lowest BCUT2D eigenvalue weighted by Gasteiger charge is -2.59. The van der Waals surface area contributed by atoms with Crippen molar-refractivity contribution < 1.29 is 19.7 Å². The maximum Gasteiger partial charge on any atom is 0.306 e. The van der Waals surface area contributed by atoms with Crippen LogP contribution in [0.15, 0.2) is 0 Å². The molecule has 0 bridgehead atoms. The normalized spacial score (nSPS) is 51.8. The van der Waals surface area contributed by atoms with Crippen LogP contribution in [0.1, 0.15) is 51.4 Å². The molecule has 23 heavy (non-hydrogen) atoms. The molecule has 1 unspecified atom stereocenters. The maximum atomic E-state index is 11.3. The highest BCUT2D eigenvalue weighted by Gasteiger charge is 2.56. The number of hydrogen-bond acceptors (Lipinski definition) is 3. The van der Waals surface area contributed by atoms with Crippen molar-refractivity contribution in [1.82, 2.24) is 0 Å². The van der Waals surface area contributed by atoms with Crippen LogP contribution in [-0.2, 0) is 9.53 Å². The number of methoxy groups -OCH3 is 1. The molecule has 0 heterocycles. The molecule has 4 heteroatoms. The van der Waals surface area contributed by atoms with Crippen molar-refractivity contribution in [1.29, 1.82) is 0 Å². The van der Waals surface area contributed by atoms with E-state index in [2.05, 4.69) is 0 Å². The molecule has 4 fully saturated rings. The van der Waals surface area contributed by atoms with Gasteiger partial charge in [0, 0.05) is 7.11 Å². The van der Waals surface area contributed by atoms with Gasteiger partial charge in [-0.15, -0.1) is 0 Å². The van der Waals surface area contributed by atoms with Crippen LogP contribution in [0.3, 0.4) is 0 Å². The van der Waals surface area contributed by atoms with Gasteiger partial charge in [-0.3, -0.25) is 4.79 Å². The minimum absolute atomic E-state index is 0.0585. The lowest BCUT2D eigenvalue weighted by atomic mass is 9.46. The third-order valence-electron chi connectivity index (χ3n) is 7.87. The molecule has 4 saturated carbocycles. The van der Waals surface area contributed by atoms with Crippen molar-refractivity contribution in [3.8, 4) is 0 Å². The van der Waals surface area contributed by atoms with Gasteiger partial charge in [-0.05, 0) is 86.9 Å². The van der Waals surface area contributed by atoms with E-state index in [0.29, 0.717) is 24.4 Å². The van der Waals surface area contributed by atoms with Crippen LogP contribution in [0.2, 0.25) is 0 Å². The second kappa shape index (κ2) is 5.73. The summed E-state index contributed by atoms with van der Waals surface area (Å²) in [5.74, 6) is 3.47. The van der Waals surface area contributed by atoms with Crippen molar-refractivity contribution in [2.75, 3.05) is 13.7 Å². The van der Waals surface area contributed by atoms with Crippen LogP contribution < -0.4 is 0 Å². The predicted octanol–water partition coefficient (Wildman–Crippen LogP) is 2.94. The zero-order chi connectivity index (χ0) is 16.2. The molecule has 8 atom stereocenters. The summed E-state index contributed by atoms with van der Waals surface area (Å²) in [6.45, 7) is 0.468. The second-order valence-electron chi connectivity index (χ2n) is 8.81. The Hall–Kier alpha value is -0.610. The number of rotatable bonds is 3. The average molecular weight is 322 g/mol. The van der Waals surface area contributed by atoms with Gasteiger partial charge in [-0.25, -0.2) is 0 Å². The van der Waals surface area contributed by atoms with E-state index in [1.165, 1.54) is 19.3 Å². The minimum Gasteiger partial charge on any atom is -0.481 e. The van der Waals surface area contributed by atoms with Gasteiger partial charge in [0.1, 0.15) is 0 Å². The fourth-order valence-corrected chi connectivity index (χ4v) is 6.91. The molecule has 0 amide bonds. The summed E-state index contributed by atoms with van der Waals surface area (Å²) < 4.78 is 5.24. The van der Waals surface area contributed by atoms with E-state index in [9.17, 15) is 15.0 Å². The second-order valence-corrected chi connectivity index (χ2v) is 8.81. The maximum absolute atomic E-state index is 11.3. The van der Waals surface area contributed by atoms with E-state index in [0.717, 1.165) is 49.9 Å². The Labute approximate surface area is 138 Å². The van der Waals surface area contributed by atoms with E-state index in [1.54, 1.807) is 7.11 Å². The molecule has 0 aliphatic heterocycles. The number of fused-ring (bicyclic) bond motifs is 5. The van der Waals surface area contributed by atoms with Crippen LogP contribution in [0, 0.1) is 41.4 Å². The largest absolute Gasteiger partial charge is 0.481 e. The van der Waals surface area contributed by atoms with E-state index < -0.39 is 11.6 Å². The molecular weight excluding hydrogens is 292 g/mol. The topological polar surface area (TPSA) is 66.8 Å². The molecule has 4 nitrogen and oxygen atoms in total. The van der Waals surface area contributed by atoms with Crippen molar-refractivity contribution in [3.05, 3.63) is 0 Å². The first kappa shape index (κ1) is 15.9. The summed E-state index contributed by atoms with van der Waals surface area (Å²) in [4.78, 5) is 11.3. The summed E-state index contributed by atoms with van der Waals surface area (Å²) in [6.07, 6.45) is 8.64. The van der Waals surface area contributed by atoms with Gasteiger partial charge >= 0.3 is 5.97 Å². The molecule has 0 aromatic heterocycles. The summed E-state index contributed by atoms with van der Waals surface area (Å²) in [6, 6.07) is 0. The molecule has 0 aromatic rings. The zero-order valence-corrected chi connectivity index (χ0v) is 14.1. The summed E-state index contributed by atoms with van der Waals surface area (Å²) in [7, 11) is 1.68. The summed E-state index contributed by atoms with van der Waals surface area (Å²) in [5.41, 5.74) is -0.606. The molecule has 4 aliphatic rings. The zero-order valence-electron chi connectivity index (χ0n) is 14.1. The highest BCUT2D eigenvalue weighted by molar-refractivity contribution is 5.71. The summed E-state index contributed by atoms with van der Waals surface area (Å²) >= 11 is 0. The van der Waals surface area contributed by atoms with E-state index in [1.807, 2.05) is 0 Å². The molecule has 0 aromatic carbocycles. The monoisotopic (exact) mass is 322 g/mol. The Morgan fingerprint density at radius 1 is 1.04 bits per heavy atom. The average Bonchev–Trinajstić information content (AvgIpc) is 2.46. The van der Waals surface area contributed by atoms with Crippen LogP contribution in [-0.4, -0.2) is 35.5 Å².